The summed E-state index contributed by atoms with van der Waals surface area (Å²) < 4.78 is 5.39. The Labute approximate surface area is 114 Å². The maximum Gasteiger partial charge on any atom is 0.410 e. The minimum Gasteiger partial charge on any atom is -0.444 e. The van der Waals surface area contributed by atoms with Gasteiger partial charge in [0.05, 0.1) is 0 Å². The average molecular weight is 262 g/mol. The first-order chi connectivity index (χ1) is 8.87. The van der Waals surface area contributed by atoms with Crippen LogP contribution in [0.2, 0.25) is 0 Å². The van der Waals surface area contributed by atoms with Crippen LogP contribution < -0.4 is 5.73 Å². The molecule has 0 aromatic heterocycles. The van der Waals surface area contributed by atoms with Gasteiger partial charge < -0.3 is 15.4 Å². The molecule has 0 bridgehead atoms. The van der Waals surface area contributed by atoms with E-state index in [1.807, 2.05) is 39.0 Å². The van der Waals surface area contributed by atoms with Crippen molar-refractivity contribution in [2.24, 2.45) is 5.73 Å². The maximum absolute atomic E-state index is 12.0. The molecule has 1 saturated heterocycles. The van der Waals surface area contributed by atoms with Crippen LogP contribution in [-0.4, -0.2) is 35.7 Å². The zero-order valence-corrected chi connectivity index (χ0v) is 11.8. The predicted octanol–water partition coefficient (Wildman–Crippen LogP) is 2.35. The van der Waals surface area contributed by atoms with E-state index in [1.165, 1.54) is 5.56 Å². The van der Waals surface area contributed by atoms with E-state index in [1.54, 1.807) is 4.90 Å². The van der Waals surface area contributed by atoms with Crippen molar-refractivity contribution in [1.82, 2.24) is 4.90 Å². The third kappa shape index (κ3) is 3.47. The highest BCUT2D eigenvalue weighted by Gasteiger charge is 2.35. The number of benzene rings is 1. The van der Waals surface area contributed by atoms with E-state index in [0.717, 1.165) is 0 Å². The minimum absolute atomic E-state index is 0.0325. The molecule has 104 valence electrons. The van der Waals surface area contributed by atoms with E-state index in [9.17, 15) is 4.79 Å². The second kappa shape index (κ2) is 5.21. The van der Waals surface area contributed by atoms with Gasteiger partial charge in [0.15, 0.2) is 0 Å². The molecule has 19 heavy (non-hydrogen) atoms. The summed E-state index contributed by atoms with van der Waals surface area (Å²) >= 11 is 0. The number of rotatable bonds is 1. The van der Waals surface area contributed by atoms with Crippen molar-refractivity contribution in [1.29, 1.82) is 0 Å². The minimum atomic E-state index is -0.466. The molecule has 1 fully saturated rings. The average Bonchev–Trinajstić information content (AvgIpc) is 2.70. The van der Waals surface area contributed by atoms with Gasteiger partial charge in [0.2, 0.25) is 0 Å². The lowest BCUT2D eigenvalue weighted by Crippen LogP contribution is -2.36. The molecule has 0 aliphatic carbocycles. The number of nitrogens with two attached hydrogens (primary N) is 1. The predicted molar refractivity (Wildman–Crippen MR) is 75.0 cm³/mol. The molecule has 4 nitrogen and oxygen atoms in total. The Morgan fingerprint density at radius 1 is 1.26 bits per heavy atom. The highest BCUT2D eigenvalue weighted by molar-refractivity contribution is 5.69. The van der Waals surface area contributed by atoms with E-state index in [0.29, 0.717) is 13.1 Å². The molecule has 0 unspecified atom stereocenters. The zero-order chi connectivity index (χ0) is 14.0. The standard InChI is InChI=1S/C15H22N2O2/c1-15(2,3)19-14(18)17-9-12(13(16)10-17)11-7-5-4-6-8-11/h4-8,12-13H,9-10,16H2,1-3H3/t12-,13-/m1/s1. The van der Waals surface area contributed by atoms with Crippen molar-refractivity contribution in [3.8, 4) is 0 Å². The lowest BCUT2D eigenvalue weighted by atomic mass is 9.95. The molecule has 1 aliphatic rings. The van der Waals surface area contributed by atoms with E-state index >= 15 is 0 Å². The third-order valence-corrected chi connectivity index (χ3v) is 3.24. The first-order valence-electron chi connectivity index (χ1n) is 6.65. The van der Waals surface area contributed by atoms with Gasteiger partial charge in [-0.3, -0.25) is 0 Å². The number of ether oxygens (including phenoxy) is 1. The smallest absolute Gasteiger partial charge is 0.410 e. The largest absolute Gasteiger partial charge is 0.444 e. The van der Waals surface area contributed by atoms with Crippen molar-refractivity contribution in [2.75, 3.05) is 13.1 Å². The Bertz CT molecular complexity index is 439. The summed E-state index contributed by atoms with van der Waals surface area (Å²) in [5.41, 5.74) is 6.87. The molecule has 1 aliphatic heterocycles. The number of carbonyl (C=O) groups excluding carboxylic acids is 1. The fourth-order valence-corrected chi connectivity index (χ4v) is 2.36. The van der Waals surface area contributed by atoms with Crippen LogP contribution in [0.4, 0.5) is 4.79 Å². The van der Waals surface area contributed by atoms with Crippen molar-refractivity contribution >= 4 is 6.09 Å². The van der Waals surface area contributed by atoms with E-state index in [2.05, 4.69) is 12.1 Å². The van der Waals surface area contributed by atoms with Crippen molar-refractivity contribution in [3.63, 3.8) is 0 Å². The van der Waals surface area contributed by atoms with Gasteiger partial charge in [-0.1, -0.05) is 30.3 Å². The third-order valence-electron chi connectivity index (χ3n) is 3.24. The Morgan fingerprint density at radius 2 is 1.89 bits per heavy atom. The van der Waals surface area contributed by atoms with Crippen molar-refractivity contribution in [3.05, 3.63) is 35.9 Å². The SMILES string of the molecule is CC(C)(C)OC(=O)N1C[C@@H](N)[C@@H](c2ccccc2)C1. The molecular weight excluding hydrogens is 240 g/mol. The summed E-state index contributed by atoms with van der Waals surface area (Å²) in [6, 6.07) is 10.1. The second-order valence-electron chi connectivity index (χ2n) is 6.07. The normalized spacial score (nSPS) is 23.5. The number of likely N-dealkylation sites (tertiary alicyclic amines) is 1. The van der Waals surface area contributed by atoms with Crippen LogP contribution in [-0.2, 0) is 4.74 Å². The molecule has 1 aromatic rings. The summed E-state index contributed by atoms with van der Waals surface area (Å²) in [5.74, 6) is 0.189. The molecule has 2 atom stereocenters. The van der Waals surface area contributed by atoms with Crippen LogP contribution in [0.1, 0.15) is 32.3 Å². The first-order valence-corrected chi connectivity index (χ1v) is 6.65. The lowest BCUT2D eigenvalue weighted by Gasteiger charge is -2.24. The Balaban J connectivity index is 2.04. The topological polar surface area (TPSA) is 55.6 Å². The molecule has 4 heteroatoms. The van der Waals surface area contributed by atoms with Crippen LogP contribution in [0.25, 0.3) is 0 Å². The monoisotopic (exact) mass is 262 g/mol. The second-order valence-corrected chi connectivity index (χ2v) is 6.07. The van der Waals surface area contributed by atoms with Gasteiger partial charge in [0.1, 0.15) is 5.60 Å². The first kappa shape index (κ1) is 13.9. The molecule has 1 aromatic carbocycles. The van der Waals surface area contributed by atoms with Gasteiger partial charge in [-0.25, -0.2) is 4.79 Å². The van der Waals surface area contributed by atoms with Crippen LogP contribution in [0.5, 0.6) is 0 Å². The van der Waals surface area contributed by atoms with Gasteiger partial charge in [-0.15, -0.1) is 0 Å². The van der Waals surface area contributed by atoms with Gasteiger partial charge in [-0.2, -0.15) is 0 Å². The van der Waals surface area contributed by atoms with Gasteiger partial charge in [0.25, 0.3) is 0 Å². The molecule has 1 amide bonds. The highest BCUT2D eigenvalue weighted by Crippen LogP contribution is 2.27. The number of hydrogen-bond donors (Lipinski definition) is 1. The van der Waals surface area contributed by atoms with Gasteiger partial charge in [-0.05, 0) is 26.3 Å². The van der Waals surface area contributed by atoms with Crippen LogP contribution in [0, 0.1) is 0 Å². The summed E-state index contributed by atoms with van der Waals surface area (Å²) in [4.78, 5) is 13.7. The number of carbonyl (C=O) groups is 1. The van der Waals surface area contributed by atoms with Gasteiger partial charge >= 0.3 is 6.09 Å². The van der Waals surface area contributed by atoms with Gasteiger partial charge in [0, 0.05) is 25.0 Å². The Morgan fingerprint density at radius 3 is 2.47 bits per heavy atom. The zero-order valence-electron chi connectivity index (χ0n) is 11.8. The molecule has 2 rings (SSSR count). The summed E-state index contributed by atoms with van der Waals surface area (Å²) in [6.45, 7) is 6.79. The highest BCUT2D eigenvalue weighted by atomic mass is 16.6. The summed E-state index contributed by atoms with van der Waals surface area (Å²) in [6.07, 6.45) is -0.276. The molecular formula is C15H22N2O2. The van der Waals surface area contributed by atoms with E-state index < -0.39 is 5.60 Å². The van der Waals surface area contributed by atoms with Crippen molar-refractivity contribution < 1.29 is 9.53 Å². The molecule has 0 radical (unpaired) electrons. The molecule has 2 N–H and O–H groups in total. The fraction of sp³-hybridized carbons (Fsp3) is 0.533. The maximum atomic E-state index is 12.0. The van der Waals surface area contributed by atoms with E-state index in [-0.39, 0.29) is 18.1 Å². The van der Waals surface area contributed by atoms with Crippen LogP contribution in [0.3, 0.4) is 0 Å². The fourth-order valence-electron chi connectivity index (χ4n) is 2.36. The van der Waals surface area contributed by atoms with E-state index in [4.69, 9.17) is 10.5 Å². The number of hydrogen-bond acceptors (Lipinski definition) is 3. The Kier molecular flexibility index (Phi) is 3.80. The quantitative estimate of drug-likeness (QED) is 0.845. The molecule has 0 saturated carbocycles. The van der Waals surface area contributed by atoms with Crippen LogP contribution >= 0.6 is 0 Å². The molecule has 0 spiro atoms. The van der Waals surface area contributed by atoms with Crippen LogP contribution in [0.15, 0.2) is 30.3 Å². The summed E-state index contributed by atoms with van der Waals surface area (Å²) in [7, 11) is 0. The molecule has 1 heterocycles. The number of nitrogens with zero attached hydrogens (tertiary/aromatic N) is 1. The lowest BCUT2D eigenvalue weighted by molar-refractivity contribution is 0.0290. The Hall–Kier alpha value is -1.55. The van der Waals surface area contributed by atoms with Crippen molar-refractivity contribution in [2.45, 2.75) is 38.3 Å². The summed E-state index contributed by atoms with van der Waals surface area (Å²) in [5, 5.41) is 0. The number of amides is 1.